The summed E-state index contributed by atoms with van der Waals surface area (Å²) in [6.45, 7) is 14.1. The van der Waals surface area contributed by atoms with Crippen LogP contribution < -0.4 is 5.32 Å². The van der Waals surface area contributed by atoms with Crippen molar-refractivity contribution in [1.82, 2.24) is 15.1 Å². The van der Waals surface area contributed by atoms with Gasteiger partial charge in [0.05, 0.1) is 0 Å². The third-order valence-corrected chi connectivity index (χ3v) is 4.25. The molecule has 114 valence electrons. The van der Waals surface area contributed by atoms with Gasteiger partial charge in [-0.05, 0) is 51.9 Å². The van der Waals surface area contributed by atoms with Crippen LogP contribution in [0.1, 0.15) is 40.5 Å². The van der Waals surface area contributed by atoms with E-state index in [1.807, 2.05) is 0 Å². The fourth-order valence-corrected chi connectivity index (χ4v) is 3.13. The molecule has 0 radical (unpaired) electrons. The molecule has 0 amide bonds. The van der Waals surface area contributed by atoms with Crippen LogP contribution in [-0.2, 0) is 0 Å². The minimum atomic E-state index is 0.590. The van der Waals surface area contributed by atoms with E-state index < -0.39 is 0 Å². The van der Waals surface area contributed by atoms with Gasteiger partial charge >= 0.3 is 0 Å². The number of hydrogen-bond acceptors (Lipinski definition) is 3. The highest BCUT2D eigenvalue weighted by molar-refractivity contribution is 4.83. The van der Waals surface area contributed by atoms with Gasteiger partial charge in [0.2, 0.25) is 0 Å². The second-order valence-corrected chi connectivity index (χ2v) is 7.12. The number of nitrogens with one attached hydrogen (secondary N) is 1. The van der Waals surface area contributed by atoms with E-state index in [0.717, 1.165) is 18.4 Å². The predicted octanol–water partition coefficient (Wildman–Crippen LogP) is 2.28. The lowest BCUT2D eigenvalue weighted by atomic mass is 9.92. The summed E-state index contributed by atoms with van der Waals surface area (Å²) in [5.41, 5.74) is 0. The summed E-state index contributed by atoms with van der Waals surface area (Å²) in [4.78, 5) is 5.05. The van der Waals surface area contributed by atoms with Gasteiger partial charge in [-0.25, -0.2) is 0 Å². The molecule has 1 rings (SSSR count). The van der Waals surface area contributed by atoms with Crippen LogP contribution in [-0.4, -0.2) is 62.2 Å². The topological polar surface area (TPSA) is 18.5 Å². The van der Waals surface area contributed by atoms with Crippen molar-refractivity contribution in [2.24, 2.45) is 11.8 Å². The molecule has 0 aromatic carbocycles. The van der Waals surface area contributed by atoms with Crippen LogP contribution in [0.15, 0.2) is 0 Å². The van der Waals surface area contributed by atoms with Gasteiger partial charge in [0.15, 0.2) is 0 Å². The lowest BCUT2D eigenvalue weighted by Crippen LogP contribution is -2.50. The summed E-state index contributed by atoms with van der Waals surface area (Å²) in [5.74, 6) is 1.63. The van der Waals surface area contributed by atoms with Gasteiger partial charge in [-0.1, -0.05) is 27.7 Å². The highest BCUT2D eigenvalue weighted by Crippen LogP contribution is 2.22. The fraction of sp³-hybridized carbons (Fsp3) is 1.00. The molecule has 1 unspecified atom stereocenters. The molecule has 19 heavy (non-hydrogen) atoms. The molecule has 0 bridgehead atoms. The van der Waals surface area contributed by atoms with E-state index in [1.165, 1.54) is 32.5 Å². The largest absolute Gasteiger partial charge is 0.313 e. The van der Waals surface area contributed by atoms with Gasteiger partial charge in [0.25, 0.3) is 0 Å². The predicted molar refractivity (Wildman–Crippen MR) is 84.6 cm³/mol. The van der Waals surface area contributed by atoms with Crippen molar-refractivity contribution in [2.75, 3.05) is 40.3 Å². The average molecular weight is 269 g/mol. The molecule has 1 fully saturated rings. The Morgan fingerprint density at radius 2 is 1.68 bits per heavy atom. The molecule has 1 saturated heterocycles. The van der Waals surface area contributed by atoms with Crippen LogP contribution in [0.25, 0.3) is 0 Å². The Kier molecular flexibility index (Phi) is 7.33. The zero-order valence-electron chi connectivity index (χ0n) is 13.9. The first-order valence-electron chi connectivity index (χ1n) is 8.02. The lowest BCUT2D eigenvalue weighted by molar-refractivity contribution is 0.0932. The zero-order valence-corrected chi connectivity index (χ0v) is 13.9. The average Bonchev–Trinajstić information content (AvgIpc) is 2.29. The zero-order chi connectivity index (χ0) is 14.4. The molecule has 1 aliphatic rings. The molecule has 0 saturated carbocycles. The van der Waals surface area contributed by atoms with Crippen LogP contribution in [0.2, 0.25) is 0 Å². The van der Waals surface area contributed by atoms with Crippen molar-refractivity contribution in [2.45, 2.75) is 52.6 Å². The van der Waals surface area contributed by atoms with Crippen molar-refractivity contribution < 1.29 is 0 Å². The van der Waals surface area contributed by atoms with Gasteiger partial charge in [-0.15, -0.1) is 0 Å². The number of piperidine rings is 1. The first-order valence-corrected chi connectivity index (χ1v) is 8.02. The maximum atomic E-state index is 3.62. The van der Waals surface area contributed by atoms with Crippen LogP contribution >= 0.6 is 0 Å². The Morgan fingerprint density at radius 3 is 2.11 bits per heavy atom. The second kappa shape index (κ2) is 8.23. The van der Waals surface area contributed by atoms with Crippen LogP contribution in [0.4, 0.5) is 0 Å². The summed E-state index contributed by atoms with van der Waals surface area (Å²) < 4.78 is 0. The van der Waals surface area contributed by atoms with Gasteiger partial charge < -0.3 is 10.2 Å². The molecular formula is C16H35N3. The standard InChI is InChI=1S/C16H35N3/c1-13(2)16(11-17-14(3)4)19-9-7-15(8-10-19)12-18(5)6/h13-17H,7-12H2,1-6H3. The minimum Gasteiger partial charge on any atom is -0.313 e. The Hall–Kier alpha value is -0.120. The lowest BCUT2D eigenvalue weighted by Gasteiger charge is -2.40. The Balaban J connectivity index is 2.41. The van der Waals surface area contributed by atoms with E-state index in [4.69, 9.17) is 0 Å². The Labute approximate surface area is 120 Å². The van der Waals surface area contributed by atoms with Crippen molar-refractivity contribution in [3.05, 3.63) is 0 Å². The van der Waals surface area contributed by atoms with Crippen LogP contribution in [0.5, 0.6) is 0 Å². The molecule has 1 N–H and O–H groups in total. The van der Waals surface area contributed by atoms with Gasteiger partial charge in [-0.3, -0.25) is 4.90 Å². The maximum absolute atomic E-state index is 3.62. The van der Waals surface area contributed by atoms with E-state index in [2.05, 4.69) is 56.9 Å². The van der Waals surface area contributed by atoms with Crippen LogP contribution in [0, 0.1) is 11.8 Å². The Bertz CT molecular complexity index is 230. The molecule has 0 aliphatic carbocycles. The summed E-state index contributed by atoms with van der Waals surface area (Å²) in [5, 5.41) is 3.62. The minimum absolute atomic E-state index is 0.590. The highest BCUT2D eigenvalue weighted by atomic mass is 15.2. The summed E-state index contributed by atoms with van der Waals surface area (Å²) in [7, 11) is 4.38. The highest BCUT2D eigenvalue weighted by Gasteiger charge is 2.27. The molecule has 3 nitrogen and oxygen atoms in total. The van der Waals surface area contributed by atoms with Crippen LogP contribution in [0.3, 0.4) is 0 Å². The van der Waals surface area contributed by atoms with Crippen molar-refractivity contribution in [1.29, 1.82) is 0 Å². The molecule has 0 spiro atoms. The smallest absolute Gasteiger partial charge is 0.0243 e. The SMILES string of the molecule is CC(C)NCC(C(C)C)N1CCC(CN(C)C)CC1. The molecule has 1 aliphatic heterocycles. The van der Waals surface area contributed by atoms with E-state index in [9.17, 15) is 0 Å². The van der Waals surface area contributed by atoms with E-state index >= 15 is 0 Å². The van der Waals surface area contributed by atoms with E-state index in [-0.39, 0.29) is 0 Å². The normalized spacial score (nSPS) is 20.7. The van der Waals surface area contributed by atoms with E-state index in [0.29, 0.717) is 12.1 Å². The number of rotatable bonds is 7. The summed E-state index contributed by atoms with van der Waals surface area (Å²) in [6.07, 6.45) is 2.73. The monoisotopic (exact) mass is 269 g/mol. The molecule has 0 aromatic rings. The summed E-state index contributed by atoms with van der Waals surface area (Å²) >= 11 is 0. The van der Waals surface area contributed by atoms with Crippen molar-refractivity contribution in [3.63, 3.8) is 0 Å². The maximum Gasteiger partial charge on any atom is 0.0243 e. The molecule has 0 aromatic heterocycles. The van der Waals surface area contributed by atoms with Crippen molar-refractivity contribution >= 4 is 0 Å². The second-order valence-electron chi connectivity index (χ2n) is 7.12. The third-order valence-electron chi connectivity index (χ3n) is 4.25. The number of likely N-dealkylation sites (tertiary alicyclic amines) is 1. The number of hydrogen-bond donors (Lipinski definition) is 1. The van der Waals surface area contributed by atoms with Crippen molar-refractivity contribution in [3.8, 4) is 0 Å². The molecule has 1 heterocycles. The molecule has 3 heteroatoms. The first-order chi connectivity index (χ1) is 8.90. The summed E-state index contributed by atoms with van der Waals surface area (Å²) in [6, 6.07) is 1.29. The molecular weight excluding hydrogens is 234 g/mol. The fourth-order valence-electron chi connectivity index (χ4n) is 3.13. The molecule has 1 atom stereocenters. The number of nitrogens with zero attached hydrogens (tertiary/aromatic N) is 2. The first kappa shape index (κ1) is 16.9. The van der Waals surface area contributed by atoms with Gasteiger partial charge in [0, 0.05) is 25.2 Å². The third kappa shape index (κ3) is 6.24. The van der Waals surface area contributed by atoms with Gasteiger partial charge in [-0.2, -0.15) is 0 Å². The quantitative estimate of drug-likeness (QED) is 0.765. The van der Waals surface area contributed by atoms with Gasteiger partial charge in [0.1, 0.15) is 0 Å². The van der Waals surface area contributed by atoms with E-state index in [1.54, 1.807) is 0 Å². The Morgan fingerprint density at radius 1 is 1.11 bits per heavy atom.